The molecule has 0 aliphatic carbocycles. The number of rotatable bonds is 6. The first-order valence-corrected chi connectivity index (χ1v) is 11.3. The zero-order valence-electron chi connectivity index (χ0n) is 17.6. The van der Waals surface area contributed by atoms with E-state index in [0.29, 0.717) is 24.8 Å². The third-order valence-corrected chi connectivity index (χ3v) is 6.89. The highest BCUT2D eigenvalue weighted by atomic mass is 32.2. The Morgan fingerprint density at radius 2 is 1.90 bits per heavy atom. The quantitative estimate of drug-likeness (QED) is 0.408. The van der Waals surface area contributed by atoms with Crippen molar-refractivity contribution in [2.45, 2.75) is 44.2 Å². The molecule has 1 aliphatic rings. The van der Waals surface area contributed by atoms with Crippen molar-refractivity contribution in [2.24, 2.45) is 15.9 Å². The maximum absolute atomic E-state index is 13.2. The maximum Gasteiger partial charge on any atom is 0.284 e. The van der Waals surface area contributed by atoms with Gasteiger partial charge in [-0.1, -0.05) is 18.2 Å². The number of hydrogen-bond acceptors (Lipinski definition) is 5. The normalized spacial score (nSPS) is 16.2. The Morgan fingerprint density at radius 1 is 1.20 bits per heavy atom. The number of aldehydes is 1. The Bertz CT molecular complexity index is 1110. The summed E-state index contributed by atoms with van der Waals surface area (Å²) in [7, 11) is -2.02. The number of nitrogens with zero attached hydrogens (tertiary/aromatic N) is 2. The first-order chi connectivity index (χ1) is 14.1. The lowest BCUT2D eigenvalue weighted by Crippen LogP contribution is -2.29. The molecule has 0 spiro atoms. The van der Waals surface area contributed by atoms with Crippen molar-refractivity contribution >= 4 is 22.1 Å². The number of carbonyl (C=O) groups excluding carboxylic acids is 1. The average molecular weight is 429 g/mol. The van der Waals surface area contributed by atoms with Crippen LogP contribution >= 0.6 is 0 Å². The summed E-state index contributed by atoms with van der Waals surface area (Å²) >= 11 is 0. The van der Waals surface area contributed by atoms with Gasteiger partial charge in [0.1, 0.15) is 12.1 Å². The smallest absolute Gasteiger partial charge is 0.284 e. The van der Waals surface area contributed by atoms with E-state index in [2.05, 4.69) is 9.30 Å². The van der Waals surface area contributed by atoms with Crippen LogP contribution in [-0.4, -0.2) is 45.1 Å². The number of likely N-dealkylation sites (N-methyl/N-ethyl adjacent to an activating group) is 1. The van der Waals surface area contributed by atoms with Gasteiger partial charge in [0.2, 0.25) is 0 Å². The van der Waals surface area contributed by atoms with Gasteiger partial charge in [-0.3, -0.25) is 0 Å². The van der Waals surface area contributed by atoms with Crippen LogP contribution in [0.2, 0.25) is 0 Å². The minimum absolute atomic E-state index is 0.0764. The van der Waals surface area contributed by atoms with Crippen LogP contribution in [0.1, 0.15) is 33.4 Å². The summed E-state index contributed by atoms with van der Waals surface area (Å²) in [6.07, 6.45) is 1.83. The molecular weight excluding hydrogens is 400 g/mol. The molecule has 0 saturated carbocycles. The van der Waals surface area contributed by atoms with Gasteiger partial charge in [-0.25, -0.2) is 0 Å². The lowest BCUT2D eigenvalue weighted by atomic mass is 9.95. The van der Waals surface area contributed by atoms with Gasteiger partial charge >= 0.3 is 0 Å². The Morgan fingerprint density at radius 3 is 2.60 bits per heavy atom. The van der Waals surface area contributed by atoms with Gasteiger partial charge in [-0.15, -0.1) is 4.40 Å². The summed E-state index contributed by atoms with van der Waals surface area (Å²) < 4.78 is 30.3. The Kier molecular flexibility index (Phi) is 6.40. The van der Waals surface area contributed by atoms with Crippen LogP contribution in [0, 0.1) is 13.8 Å². The summed E-state index contributed by atoms with van der Waals surface area (Å²) in [5.74, 6) is -0.0764. The molecule has 160 valence electrons. The van der Waals surface area contributed by atoms with Crippen LogP contribution in [0.15, 0.2) is 39.6 Å². The molecule has 1 aliphatic heterocycles. The van der Waals surface area contributed by atoms with Crippen molar-refractivity contribution in [1.29, 1.82) is 0 Å². The zero-order valence-corrected chi connectivity index (χ0v) is 18.4. The van der Waals surface area contributed by atoms with Crippen LogP contribution in [0.4, 0.5) is 0 Å². The number of sulfonamides is 1. The fourth-order valence-electron chi connectivity index (χ4n) is 3.82. The number of hydrogen-bond donors (Lipinski definition) is 2. The molecule has 0 amide bonds. The Hall–Kier alpha value is -2.55. The van der Waals surface area contributed by atoms with E-state index in [0.717, 1.165) is 40.8 Å². The molecule has 0 bridgehead atoms. The molecular formula is C22H28N4O3S. The topological polar surface area (TPSA) is 119 Å². The number of nitrogens with two attached hydrogens (primary N) is 2. The van der Waals surface area contributed by atoms with Crippen molar-refractivity contribution in [3.8, 4) is 0 Å². The van der Waals surface area contributed by atoms with Crippen LogP contribution < -0.4 is 11.5 Å². The van der Waals surface area contributed by atoms with Gasteiger partial charge in [-0.05, 0) is 73.7 Å². The molecule has 1 heterocycles. The number of fused-ring (bicyclic) bond motifs is 1. The monoisotopic (exact) mass is 428 g/mol. The highest BCUT2D eigenvalue weighted by Gasteiger charge is 2.25. The Balaban J connectivity index is 2.03. The van der Waals surface area contributed by atoms with Crippen LogP contribution in [-0.2, 0) is 34.2 Å². The molecule has 2 aromatic carbocycles. The van der Waals surface area contributed by atoms with Gasteiger partial charge in [0, 0.05) is 18.7 Å². The SMILES string of the molecule is Cc1ccc(C[C@H](N)C=O)cc1C(N)=NS(=O)(=O)c1ccc(C)c2c1CN(C)CC2. The second kappa shape index (κ2) is 8.67. The minimum Gasteiger partial charge on any atom is -0.383 e. The molecule has 4 N–H and O–H groups in total. The summed E-state index contributed by atoms with van der Waals surface area (Å²) in [5.41, 5.74) is 16.9. The molecule has 0 saturated heterocycles. The van der Waals surface area contributed by atoms with E-state index in [4.69, 9.17) is 11.5 Å². The largest absolute Gasteiger partial charge is 0.383 e. The van der Waals surface area contributed by atoms with Crippen molar-refractivity contribution in [3.05, 3.63) is 63.7 Å². The van der Waals surface area contributed by atoms with Crippen molar-refractivity contribution in [3.63, 3.8) is 0 Å². The molecule has 2 aromatic rings. The predicted octanol–water partition coefficient (Wildman–Crippen LogP) is 1.45. The summed E-state index contributed by atoms with van der Waals surface area (Å²) in [6.45, 7) is 5.27. The first-order valence-electron chi connectivity index (χ1n) is 9.83. The van der Waals surface area contributed by atoms with Gasteiger partial charge in [-0.2, -0.15) is 8.42 Å². The van der Waals surface area contributed by atoms with Crippen LogP contribution in [0.25, 0.3) is 0 Å². The minimum atomic E-state index is -3.99. The van der Waals surface area contributed by atoms with Gasteiger partial charge in [0.15, 0.2) is 0 Å². The van der Waals surface area contributed by atoms with E-state index < -0.39 is 16.1 Å². The van der Waals surface area contributed by atoms with Gasteiger partial charge < -0.3 is 21.2 Å². The fraction of sp³-hybridized carbons (Fsp3) is 0.364. The van der Waals surface area contributed by atoms with Crippen LogP contribution in [0.3, 0.4) is 0 Å². The molecule has 3 rings (SSSR count). The highest BCUT2D eigenvalue weighted by Crippen LogP contribution is 2.29. The number of carbonyl (C=O) groups is 1. The molecule has 0 aromatic heterocycles. The number of aryl methyl sites for hydroxylation is 2. The molecule has 1 atom stereocenters. The lowest BCUT2D eigenvalue weighted by molar-refractivity contribution is -0.108. The second-order valence-electron chi connectivity index (χ2n) is 7.93. The van der Waals surface area contributed by atoms with Gasteiger partial charge in [0.25, 0.3) is 10.0 Å². The molecule has 0 fully saturated rings. The standard InChI is InChI=1S/C22H28N4O3S/c1-14-5-7-21(20-12-26(3)9-8-18(14)20)30(28,29)25-22(24)19-11-16(6-4-15(19)2)10-17(23)13-27/h4-7,11,13,17H,8-10,12,23H2,1-3H3,(H2,24,25)/t17-/m0/s1. The molecule has 8 heteroatoms. The molecule has 0 unspecified atom stereocenters. The predicted molar refractivity (Wildman–Crippen MR) is 118 cm³/mol. The number of benzene rings is 2. The van der Waals surface area contributed by atoms with E-state index in [-0.39, 0.29) is 10.7 Å². The lowest BCUT2D eigenvalue weighted by Gasteiger charge is -2.27. The summed E-state index contributed by atoms with van der Waals surface area (Å²) in [5, 5.41) is 0. The Labute approximate surface area is 177 Å². The van der Waals surface area contributed by atoms with E-state index in [1.54, 1.807) is 12.1 Å². The second-order valence-corrected chi connectivity index (χ2v) is 9.50. The summed E-state index contributed by atoms with van der Waals surface area (Å²) in [4.78, 5) is 13.1. The fourth-order valence-corrected chi connectivity index (χ4v) is 5.02. The third kappa shape index (κ3) is 4.61. The third-order valence-electron chi connectivity index (χ3n) is 5.51. The number of amidine groups is 1. The molecule has 0 radical (unpaired) electrons. The maximum atomic E-state index is 13.2. The average Bonchev–Trinajstić information content (AvgIpc) is 2.68. The van der Waals surface area contributed by atoms with E-state index >= 15 is 0 Å². The first kappa shape index (κ1) is 22.1. The molecule has 7 nitrogen and oxygen atoms in total. The van der Waals surface area contributed by atoms with E-state index in [1.165, 1.54) is 0 Å². The zero-order chi connectivity index (χ0) is 22.1. The van der Waals surface area contributed by atoms with Crippen molar-refractivity contribution in [2.75, 3.05) is 13.6 Å². The summed E-state index contributed by atoms with van der Waals surface area (Å²) in [6, 6.07) is 8.22. The van der Waals surface area contributed by atoms with Crippen molar-refractivity contribution < 1.29 is 13.2 Å². The van der Waals surface area contributed by atoms with Crippen LogP contribution in [0.5, 0.6) is 0 Å². The van der Waals surface area contributed by atoms with Crippen molar-refractivity contribution in [1.82, 2.24) is 4.90 Å². The van der Waals surface area contributed by atoms with E-state index in [9.17, 15) is 13.2 Å². The van der Waals surface area contributed by atoms with Gasteiger partial charge in [0.05, 0.1) is 10.9 Å². The molecule has 30 heavy (non-hydrogen) atoms. The highest BCUT2D eigenvalue weighted by molar-refractivity contribution is 7.90. The van der Waals surface area contributed by atoms with E-state index in [1.807, 2.05) is 39.1 Å².